The quantitative estimate of drug-likeness (QED) is 0.672. The van der Waals surface area contributed by atoms with E-state index in [1.54, 1.807) is 30.3 Å². The Labute approximate surface area is 136 Å². The molecule has 2 N–H and O–H groups in total. The van der Waals surface area contributed by atoms with Crippen molar-refractivity contribution in [1.82, 2.24) is 10.9 Å². The first kappa shape index (κ1) is 16.5. The Bertz CT molecular complexity index is 689. The molecular formula is C19H20N2O2. The molecule has 2 rings (SSSR count). The van der Waals surface area contributed by atoms with Crippen LogP contribution in [0.2, 0.25) is 0 Å². The summed E-state index contributed by atoms with van der Waals surface area (Å²) in [6.45, 7) is 4.27. The van der Waals surface area contributed by atoms with Gasteiger partial charge in [0.1, 0.15) is 0 Å². The van der Waals surface area contributed by atoms with E-state index in [0.717, 1.165) is 5.56 Å². The van der Waals surface area contributed by atoms with Crippen molar-refractivity contribution in [3.63, 3.8) is 0 Å². The molecule has 0 aliphatic carbocycles. The maximum Gasteiger partial charge on any atom is 0.269 e. The molecule has 23 heavy (non-hydrogen) atoms. The van der Waals surface area contributed by atoms with Crippen molar-refractivity contribution in [3.8, 4) is 0 Å². The highest BCUT2D eigenvalue weighted by molar-refractivity contribution is 5.97. The van der Waals surface area contributed by atoms with Crippen LogP contribution >= 0.6 is 0 Å². The number of hydrogen-bond acceptors (Lipinski definition) is 2. The molecule has 0 aromatic heterocycles. The minimum atomic E-state index is -0.387. The average Bonchev–Trinajstić information content (AvgIpc) is 2.59. The number of rotatable bonds is 4. The smallest absolute Gasteiger partial charge is 0.268 e. The van der Waals surface area contributed by atoms with Gasteiger partial charge in [-0.1, -0.05) is 56.3 Å². The zero-order valence-corrected chi connectivity index (χ0v) is 13.2. The van der Waals surface area contributed by atoms with Gasteiger partial charge in [-0.25, -0.2) is 0 Å². The standard InChI is InChI=1S/C19H20N2O2/c1-14(2)16-11-8-15(9-12-16)10-13-18(22)20-21-19(23)17-6-4-3-5-7-17/h3-14H,1-2H3,(H,20,22)(H,21,23). The molecule has 0 unspecified atom stereocenters. The van der Waals surface area contributed by atoms with Gasteiger partial charge in [0.2, 0.25) is 0 Å². The molecule has 0 atom stereocenters. The van der Waals surface area contributed by atoms with E-state index in [0.29, 0.717) is 11.5 Å². The molecule has 2 amide bonds. The Kier molecular flexibility index (Phi) is 5.69. The SMILES string of the molecule is CC(C)c1ccc(C=CC(=O)NNC(=O)c2ccccc2)cc1. The van der Waals surface area contributed by atoms with Crippen molar-refractivity contribution in [2.24, 2.45) is 0 Å². The predicted molar refractivity (Wildman–Crippen MR) is 91.6 cm³/mol. The summed E-state index contributed by atoms with van der Waals surface area (Å²) >= 11 is 0. The van der Waals surface area contributed by atoms with E-state index in [9.17, 15) is 9.59 Å². The average molecular weight is 308 g/mol. The molecular weight excluding hydrogens is 288 g/mol. The van der Waals surface area contributed by atoms with Gasteiger partial charge in [0.25, 0.3) is 11.8 Å². The Hall–Kier alpha value is -2.88. The van der Waals surface area contributed by atoms with E-state index < -0.39 is 0 Å². The summed E-state index contributed by atoms with van der Waals surface area (Å²) in [7, 11) is 0. The molecule has 0 aliphatic heterocycles. The third kappa shape index (κ3) is 5.11. The molecule has 4 heteroatoms. The highest BCUT2D eigenvalue weighted by Crippen LogP contribution is 2.15. The van der Waals surface area contributed by atoms with E-state index >= 15 is 0 Å². The van der Waals surface area contributed by atoms with Crippen LogP contribution in [-0.2, 0) is 4.79 Å². The predicted octanol–water partition coefficient (Wildman–Crippen LogP) is 3.28. The van der Waals surface area contributed by atoms with E-state index in [-0.39, 0.29) is 11.8 Å². The van der Waals surface area contributed by atoms with Gasteiger partial charge in [-0.15, -0.1) is 0 Å². The highest BCUT2D eigenvalue weighted by atomic mass is 16.2. The van der Waals surface area contributed by atoms with E-state index in [1.165, 1.54) is 11.6 Å². The Morgan fingerprint density at radius 3 is 2.17 bits per heavy atom. The second kappa shape index (κ2) is 7.94. The lowest BCUT2D eigenvalue weighted by atomic mass is 10.0. The van der Waals surface area contributed by atoms with Crippen LogP contribution in [0.5, 0.6) is 0 Å². The fraction of sp³-hybridized carbons (Fsp3) is 0.158. The van der Waals surface area contributed by atoms with Crippen LogP contribution in [0, 0.1) is 0 Å². The highest BCUT2D eigenvalue weighted by Gasteiger charge is 2.04. The normalized spacial score (nSPS) is 10.7. The first-order valence-electron chi connectivity index (χ1n) is 7.49. The maximum atomic E-state index is 11.8. The molecule has 118 valence electrons. The monoisotopic (exact) mass is 308 g/mol. The molecule has 0 spiro atoms. The lowest BCUT2D eigenvalue weighted by Gasteiger charge is -2.05. The Morgan fingerprint density at radius 2 is 1.57 bits per heavy atom. The number of carbonyl (C=O) groups is 2. The summed E-state index contributed by atoms with van der Waals surface area (Å²) in [6, 6.07) is 16.7. The van der Waals surface area contributed by atoms with Gasteiger partial charge in [-0.05, 0) is 35.3 Å². The Morgan fingerprint density at radius 1 is 0.913 bits per heavy atom. The van der Waals surface area contributed by atoms with Gasteiger partial charge in [0.05, 0.1) is 0 Å². The maximum absolute atomic E-state index is 11.8. The second-order valence-electron chi connectivity index (χ2n) is 5.46. The number of benzene rings is 2. The molecule has 0 saturated carbocycles. The van der Waals surface area contributed by atoms with Gasteiger partial charge in [0.15, 0.2) is 0 Å². The molecule has 0 fully saturated rings. The second-order valence-corrected chi connectivity index (χ2v) is 5.46. The van der Waals surface area contributed by atoms with Gasteiger partial charge in [0, 0.05) is 11.6 Å². The van der Waals surface area contributed by atoms with Crippen LogP contribution in [0.4, 0.5) is 0 Å². The van der Waals surface area contributed by atoms with Crippen molar-refractivity contribution >= 4 is 17.9 Å². The van der Waals surface area contributed by atoms with Crippen molar-refractivity contribution < 1.29 is 9.59 Å². The van der Waals surface area contributed by atoms with Crippen molar-refractivity contribution in [1.29, 1.82) is 0 Å². The summed E-state index contributed by atoms with van der Waals surface area (Å²) in [5.74, 6) is -0.264. The molecule has 4 nitrogen and oxygen atoms in total. The minimum Gasteiger partial charge on any atom is -0.268 e. The van der Waals surface area contributed by atoms with Crippen LogP contribution in [0.25, 0.3) is 6.08 Å². The van der Waals surface area contributed by atoms with E-state index in [1.807, 2.05) is 30.3 Å². The van der Waals surface area contributed by atoms with Crippen molar-refractivity contribution in [2.75, 3.05) is 0 Å². The topological polar surface area (TPSA) is 58.2 Å². The number of nitrogens with one attached hydrogen (secondary N) is 2. The lowest BCUT2D eigenvalue weighted by Crippen LogP contribution is -2.40. The molecule has 0 bridgehead atoms. The summed E-state index contributed by atoms with van der Waals surface area (Å²) in [6.07, 6.45) is 3.09. The number of hydrazine groups is 1. The molecule has 0 radical (unpaired) electrons. The molecule has 0 heterocycles. The molecule has 2 aromatic rings. The van der Waals surface area contributed by atoms with E-state index in [4.69, 9.17) is 0 Å². The third-order valence-electron chi connectivity index (χ3n) is 3.37. The summed E-state index contributed by atoms with van der Waals surface area (Å²) in [4.78, 5) is 23.5. The summed E-state index contributed by atoms with van der Waals surface area (Å²) in [5.41, 5.74) is 7.39. The molecule has 2 aromatic carbocycles. The van der Waals surface area contributed by atoms with Gasteiger partial charge in [-0.2, -0.15) is 0 Å². The number of hydrogen-bond donors (Lipinski definition) is 2. The van der Waals surface area contributed by atoms with Crippen LogP contribution in [0.15, 0.2) is 60.7 Å². The van der Waals surface area contributed by atoms with Crippen LogP contribution in [0.3, 0.4) is 0 Å². The Balaban J connectivity index is 1.85. The number of carbonyl (C=O) groups excluding carboxylic acids is 2. The fourth-order valence-electron chi connectivity index (χ4n) is 1.99. The zero-order chi connectivity index (χ0) is 16.7. The summed E-state index contributed by atoms with van der Waals surface area (Å²) in [5, 5.41) is 0. The molecule has 0 saturated heterocycles. The van der Waals surface area contributed by atoms with E-state index in [2.05, 4.69) is 24.7 Å². The summed E-state index contributed by atoms with van der Waals surface area (Å²) < 4.78 is 0. The first-order valence-corrected chi connectivity index (χ1v) is 7.49. The van der Waals surface area contributed by atoms with Gasteiger partial charge in [-0.3, -0.25) is 20.4 Å². The van der Waals surface area contributed by atoms with Crippen LogP contribution < -0.4 is 10.9 Å². The van der Waals surface area contributed by atoms with Crippen LogP contribution in [0.1, 0.15) is 41.3 Å². The largest absolute Gasteiger partial charge is 0.269 e. The van der Waals surface area contributed by atoms with Crippen LogP contribution in [-0.4, -0.2) is 11.8 Å². The number of amides is 2. The van der Waals surface area contributed by atoms with Crippen molar-refractivity contribution in [2.45, 2.75) is 19.8 Å². The first-order chi connectivity index (χ1) is 11.1. The lowest BCUT2D eigenvalue weighted by molar-refractivity contribution is -0.117. The van der Waals surface area contributed by atoms with Crippen molar-refractivity contribution in [3.05, 3.63) is 77.4 Å². The van der Waals surface area contributed by atoms with Gasteiger partial charge >= 0.3 is 0 Å². The van der Waals surface area contributed by atoms with Gasteiger partial charge < -0.3 is 0 Å². The third-order valence-corrected chi connectivity index (χ3v) is 3.37. The fourth-order valence-corrected chi connectivity index (χ4v) is 1.99. The zero-order valence-electron chi connectivity index (χ0n) is 13.2. The molecule has 0 aliphatic rings. The minimum absolute atomic E-state index is 0.353.